The largest absolute Gasteiger partial charge is 0.298 e. The molecular weight excluding hydrogens is 268 g/mol. The minimum Gasteiger partial charge on any atom is -0.298 e. The van der Waals surface area contributed by atoms with Gasteiger partial charge in [0.1, 0.15) is 5.78 Å². The van der Waals surface area contributed by atoms with Crippen molar-refractivity contribution in [2.24, 2.45) is 7.05 Å². The maximum atomic E-state index is 12.1. The van der Waals surface area contributed by atoms with Crippen molar-refractivity contribution in [3.05, 3.63) is 47.3 Å². The van der Waals surface area contributed by atoms with E-state index in [4.69, 9.17) is 0 Å². The fourth-order valence-electron chi connectivity index (χ4n) is 2.03. The van der Waals surface area contributed by atoms with Crippen LogP contribution in [0.15, 0.2) is 35.2 Å². The minimum atomic E-state index is 0.238. The second-order valence-corrected chi connectivity index (χ2v) is 5.97. The summed E-state index contributed by atoms with van der Waals surface area (Å²) in [6.07, 6.45) is 1.36. The van der Waals surface area contributed by atoms with Crippen molar-refractivity contribution in [1.29, 1.82) is 0 Å². The van der Waals surface area contributed by atoms with Gasteiger partial charge in [-0.2, -0.15) is 5.10 Å². The summed E-state index contributed by atoms with van der Waals surface area (Å²) >= 11 is 1.60. The van der Waals surface area contributed by atoms with Crippen molar-refractivity contribution in [3.8, 4) is 0 Å². The lowest BCUT2D eigenvalue weighted by atomic mass is 10.2. The van der Waals surface area contributed by atoms with Gasteiger partial charge in [-0.1, -0.05) is 24.6 Å². The summed E-state index contributed by atoms with van der Waals surface area (Å²) in [5, 5.41) is 4.37. The fraction of sp³-hybridized carbons (Fsp3) is 0.375. The molecule has 0 spiro atoms. The lowest BCUT2D eigenvalue weighted by Crippen LogP contribution is -2.09. The van der Waals surface area contributed by atoms with Crippen molar-refractivity contribution in [3.63, 3.8) is 0 Å². The Morgan fingerprint density at radius 2 is 2.15 bits per heavy atom. The maximum absolute atomic E-state index is 12.1. The lowest BCUT2D eigenvalue weighted by Gasteiger charge is -2.03. The second-order valence-electron chi connectivity index (χ2n) is 4.92. The molecule has 0 aliphatic carbocycles. The van der Waals surface area contributed by atoms with Crippen LogP contribution in [0.2, 0.25) is 0 Å². The third-order valence-corrected chi connectivity index (χ3v) is 4.21. The Morgan fingerprint density at radius 3 is 2.80 bits per heavy atom. The normalized spacial score (nSPS) is 10.8. The number of hydrogen-bond donors (Lipinski definition) is 0. The number of ketones is 1. The predicted molar refractivity (Wildman–Crippen MR) is 83.2 cm³/mol. The first kappa shape index (κ1) is 14.9. The van der Waals surface area contributed by atoms with Gasteiger partial charge in [0.05, 0.1) is 11.4 Å². The zero-order chi connectivity index (χ0) is 14.5. The molecule has 0 saturated carbocycles. The van der Waals surface area contributed by atoms with E-state index >= 15 is 0 Å². The zero-order valence-corrected chi connectivity index (χ0v) is 13.0. The molecule has 0 saturated heterocycles. The van der Waals surface area contributed by atoms with E-state index in [9.17, 15) is 4.79 Å². The van der Waals surface area contributed by atoms with Crippen LogP contribution in [0.3, 0.4) is 0 Å². The SMILES string of the molecule is CCc1cc(CC(=O)CSc2cccc(C)c2)n(C)n1. The van der Waals surface area contributed by atoms with Gasteiger partial charge in [-0.25, -0.2) is 0 Å². The number of aryl methyl sites for hydroxylation is 3. The number of carbonyl (C=O) groups is 1. The molecule has 2 aromatic rings. The van der Waals surface area contributed by atoms with Crippen molar-refractivity contribution >= 4 is 17.5 Å². The Morgan fingerprint density at radius 1 is 1.35 bits per heavy atom. The molecule has 1 heterocycles. The van der Waals surface area contributed by atoms with Crippen molar-refractivity contribution < 1.29 is 4.79 Å². The van der Waals surface area contributed by atoms with E-state index in [1.54, 1.807) is 11.8 Å². The highest BCUT2D eigenvalue weighted by Crippen LogP contribution is 2.19. The first-order valence-corrected chi connectivity index (χ1v) is 7.80. The molecule has 2 rings (SSSR count). The average Bonchev–Trinajstić information content (AvgIpc) is 2.77. The average molecular weight is 288 g/mol. The monoisotopic (exact) mass is 288 g/mol. The van der Waals surface area contributed by atoms with Crippen LogP contribution in [0.5, 0.6) is 0 Å². The van der Waals surface area contributed by atoms with Crippen molar-refractivity contribution in [1.82, 2.24) is 9.78 Å². The molecule has 0 unspecified atom stereocenters. The molecule has 0 fully saturated rings. The van der Waals surface area contributed by atoms with Gasteiger partial charge in [-0.3, -0.25) is 9.48 Å². The summed E-state index contributed by atoms with van der Waals surface area (Å²) in [5.74, 6) is 0.748. The van der Waals surface area contributed by atoms with Gasteiger partial charge in [0, 0.05) is 24.1 Å². The van der Waals surface area contributed by atoms with E-state index in [0.717, 1.165) is 22.7 Å². The first-order chi connectivity index (χ1) is 9.58. The molecular formula is C16H20N2OS. The molecule has 0 radical (unpaired) electrons. The van der Waals surface area contributed by atoms with Gasteiger partial charge in [0.25, 0.3) is 0 Å². The van der Waals surface area contributed by atoms with E-state index in [1.807, 2.05) is 29.9 Å². The second kappa shape index (κ2) is 6.75. The summed E-state index contributed by atoms with van der Waals surface area (Å²) in [4.78, 5) is 13.2. The van der Waals surface area contributed by atoms with Gasteiger partial charge < -0.3 is 0 Å². The molecule has 0 aliphatic heterocycles. The van der Waals surface area contributed by atoms with Gasteiger partial charge in [-0.05, 0) is 31.5 Å². The van der Waals surface area contributed by atoms with Crippen LogP contribution in [0.4, 0.5) is 0 Å². The molecule has 1 aromatic carbocycles. The van der Waals surface area contributed by atoms with Gasteiger partial charge in [0.15, 0.2) is 0 Å². The number of rotatable bonds is 6. The number of benzene rings is 1. The van der Waals surface area contributed by atoms with Crippen molar-refractivity contribution in [2.45, 2.75) is 31.6 Å². The van der Waals surface area contributed by atoms with Gasteiger partial charge >= 0.3 is 0 Å². The molecule has 20 heavy (non-hydrogen) atoms. The summed E-state index contributed by atoms with van der Waals surface area (Å²) in [6.45, 7) is 4.13. The van der Waals surface area contributed by atoms with Crippen LogP contribution in [0.1, 0.15) is 23.9 Å². The van der Waals surface area contributed by atoms with Crippen LogP contribution in [0, 0.1) is 6.92 Å². The number of nitrogens with zero attached hydrogens (tertiary/aromatic N) is 2. The van der Waals surface area contributed by atoms with E-state index in [1.165, 1.54) is 5.56 Å². The Hall–Kier alpha value is -1.55. The van der Waals surface area contributed by atoms with Crippen LogP contribution in [-0.4, -0.2) is 21.3 Å². The summed E-state index contributed by atoms with van der Waals surface area (Å²) < 4.78 is 1.81. The van der Waals surface area contributed by atoms with Crippen LogP contribution in [-0.2, 0) is 24.7 Å². The molecule has 1 aromatic heterocycles. The van der Waals surface area contributed by atoms with E-state index in [0.29, 0.717) is 12.2 Å². The predicted octanol–water partition coefficient (Wildman–Crippen LogP) is 3.19. The van der Waals surface area contributed by atoms with E-state index in [2.05, 4.69) is 31.1 Å². The first-order valence-electron chi connectivity index (χ1n) is 6.81. The third-order valence-electron chi connectivity index (χ3n) is 3.16. The van der Waals surface area contributed by atoms with Crippen LogP contribution >= 0.6 is 11.8 Å². The Balaban J connectivity index is 1.90. The lowest BCUT2D eigenvalue weighted by molar-refractivity contribution is -0.116. The van der Waals surface area contributed by atoms with Gasteiger partial charge in [0.2, 0.25) is 0 Å². The van der Waals surface area contributed by atoms with E-state index in [-0.39, 0.29) is 5.78 Å². The minimum absolute atomic E-state index is 0.238. The highest BCUT2D eigenvalue weighted by atomic mass is 32.2. The number of carbonyl (C=O) groups excluding carboxylic acids is 1. The molecule has 4 heteroatoms. The maximum Gasteiger partial charge on any atom is 0.149 e. The molecule has 3 nitrogen and oxygen atoms in total. The smallest absolute Gasteiger partial charge is 0.149 e. The molecule has 0 N–H and O–H groups in total. The number of aromatic nitrogens is 2. The summed E-state index contributed by atoms with van der Waals surface area (Å²) in [5.41, 5.74) is 3.26. The highest BCUT2D eigenvalue weighted by molar-refractivity contribution is 8.00. The fourth-order valence-corrected chi connectivity index (χ4v) is 2.91. The standard InChI is InChI=1S/C16H20N2OS/c1-4-13-9-14(18(3)17-13)10-15(19)11-20-16-7-5-6-12(2)8-16/h5-9H,4,10-11H2,1-3H3. The summed E-state index contributed by atoms with van der Waals surface area (Å²) in [7, 11) is 1.90. The molecule has 106 valence electrons. The molecule has 0 amide bonds. The Kier molecular flexibility index (Phi) is 5.01. The quantitative estimate of drug-likeness (QED) is 0.766. The van der Waals surface area contributed by atoms with Crippen LogP contribution < -0.4 is 0 Å². The number of Topliss-reactive ketones (excluding diaryl/α,β-unsaturated/α-hetero) is 1. The molecule has 0 atom stereocenters. The number of hydrogen-bond acceptors (Lipinski definition) is 3. The highest BCUT2D eigenvalue weighted by Gasteiger charge is 2.10. The Bertz CT molecular complexity index is 604. The van der Waals surface area contributed by atoms with Crippen LogP contribution in [0.25, 0.3) is 0 Å². The molecule has 0 aliphatic rings. The topological polar surface area (TPSA) is 34.9 Å². The van der Waals surface area contributed by atoms with Gasteiger partial charge in [-0.15, -0.1) is 11.8 Å². The molecule has 0 bridgehead atoms. The zero-order valence-electron chi connectivity index (χ0n) is 12.2. The number of thioether (sulfide) groups is 1. The third kappa shape index (κ3) is 3.97. The Labute approximate surface area is 124 Å². The van der Waals surface area contributed by atoms with E-state index < -0.39 is 0 Å². The van der Waals surface area contributed by atoms with Crippen molar-refractivity contribution in [2.75, 3.05) is 5.75 Å². The summed E-state index contributed by atoms with van der Waals surface area (Å²) in [6, 6.07) is 10.3.